The second kappa shape index (κ2) is 6.28. The van der Waals surface area contributed by atoms with Crippen molar-refractivity contribution in [1.29, 1.82) is 0 Å². The number of fused-ring (bicyclic) bond motifs is 1. The lowest BCUT2D eigenvalue weighted by Gasteiger charge is -2.32. The highest BCUT2D eigenvalue weighted by Gasteiger charge is 2.30. The highest BCUT2D eigenvalue weighted by atomic mass is 35.5. The van der Waals surface area contributed by atoms with Crippen molar-refractivity contribution in [2.24, 2.45) is 0 Å². The van der Waals surface area contributed by atoms with Crippen LogP contribution in [-0.4, -0.2) is 34.8 Å². The lowest BCUT2D eigenvalue weighted by Crippen LogP contribution is -2.41. The lowest BCUT2D eigenvalue weighted by molar-refractivity contribution is 0.0568. The number of hydrogen-bond donors (Lipinski definition) is 0. The summed E-state index contributed by atoms with van der Waals surface area (Å²) in [7, 11) is 0. The zero-order chi connectivity index (χ0) is 17.3. The van der Waals surface area contributed by atoms with E-state index in [1.165, 1.54) is 4.90 Å². The van der Waals surface area contributed by atoms with Crippen molar-refractivity contribution in [3.63, 3.8) is 0 Å². The Balaban J connectivity index is 2.01. The number of rotatable bonds is 1. The molecule has 0 radical (unpaired) electrons. The molecule has 3 heterocycles. The van der Waals surface area contributed by atoms with E-state index in [9.17, 15) is 4.79 Å². The molecule has 24 heavy (non-hydrogen) atoms. The molecule has 0 atom stereocenters. The van der Waals surface area contributed by atoms with E-state index in [1.807, 2.05) is 26.8 Å². The summed E-state index contributed by atoms with van der Waals surface area (Å²) >= 11 is 5.97. The molecule has 2 aromatic rings. The van der Waals surface area contributed by atoms with Crippen molar-refractivity contribution < 1.29 is 14.3 Å². The van der Waals surface area contributed by atoms with Crippen LogP contribution in [-0.2, 0) is 4.74 Å². The summed E-state index contributed by atoms with van der Waals surface area (Å²) in [6.07, 6.45) is 2.81. The van der Waals surface area contributed by atoms with Crippen LogP contribution in [0.15, 0.2) is 30.6 Å². The van der Waals surface area contributed by atoms with Crippen LogP contribution in [0, 0.1) is 0 Å². The van der Waals surface area contributed by atoms with Crippen LogP contribution in [0.25, 0.3) is 11.3 Å². The maximum Gasteiger partial charge on any atom is 0.415 e. The average Bonchev–Trinajstić information content (AvgIpc) is 2.52. The van der Waals surface area contributed by atoms with Gasteiger partial charge in [0.1, 0.15) is 23.0 Å². The zero-order valence-electron chi connectivity index (χ0n) is 13.7. The SMILES string of the molecule is CC(C)(C)OC(=O)N1CCOc2c(-c3cccc(Cl)n3)cncc21. The monoisotopic (exact) mass is 347 g/mol. The van der Waals surface area contributed by atoms with Gasteiger partial charge < -0.3 is 9.47 Å². The van der Waals surface area contributed by atoms with Gasteiger partial charge in [0.25, 0.3) is 0 Å². The van der Waals surface area contributed by atoms with Gasteiger partial charge in [0, 0.05) is 6.20 Å². The molecular formula is C17H18ClN3O3. The minimum absolute atomic E-state index is 0.365. The quantitative estimate of drug-likeness (QED) is 0.731. The molecule has 2 aromatic heterocycles. The first-order valence-electron chi connectivity index (χ1n) is 7.59. The molecular weight excluding hydrogens is 330 g/mol. The van der Waals surface area contributed by atoms with E-state index < -0.39 is 11.7 Å². The maximum absolute atomic E-state index is 12.5. The second-order valence-electron chi connectivity index (χ2n) is 6.36. The van der Waals surface area contributed by atoms with Gasteiger partial charge in [-0.1, -0.05) is 17.7 Å². The van der Waals surface area contributed by atoms with Gasteiger partial charge in [0.15, 0.2) is 5.75 Å². The van der Waals surface area contributed by atoms with Crippen LogP contribution in [0.5, 0.6) is 5.75 Å². The molecule has 0 fully saturated rings. The van der Waals surface area contributed by atoms with Gasteiger partial charge >= 0.3 is 6.09 Å². The summed E-state index contributed by atoms with van der Waals surface area (Å²) in [5.41, 5.74) is 1.31. The molecule has 3 rings (SSSR count). The largest absolute Gasteiger partial charge is 0.489 e. The summed E-state index contributed by atoms with van der Waals surface area (Å²) in [5.74, 6) is 0.553. The number of hydrogen-bond acceptors (Lipinski definition) is 5. The minimum atomic E-state index is -0.574. The predicted octanol–water partition coefficient (Wildman–Crippen LogP) is 3.93. The minimum Gasteiger partial charge on any atom is -0.489 e. The number of nitrogens with zero attached hydrogens (tertiary/aromatic N) is 3. The van der Waals surface area contributed by atoms with E-state index in [4.69, 9.17) is 21.1 Å². The van der Waals surface area contributed by atoms with Gasteiger partial charge in [0.05, 0.1) is 24.0 Å². The van der Waals surface area contributed by atoms with E-state index in [0.29, 0.717) is 41.0 Å². The molecule has 0 aromatic carbocycles. The molecule has 1 amide bonds. The molecule has 0 aliphatic carbocycles. The Morgan fingerprint density at radius 1 is 1.33 bits per heavy atom. The van der Waals surface area contributed by atoms with Crippen LogP contribution >= 0.6 is 11.6 Å². The topological polar surface area (TPSA) is 64.5 Å². The number of pyridine rings is 2. The molecule has 0 N–H and O–H groups in total. The standard InChI is InChI=1S/C17H18ClN3O3/c1-17(2,3)24-16(22)21-7-8-23-15-11(9-19-10-13(15)21)12-5-4-6-14(18)20-12/h4-6,9-10H,7-8H2,1-3H3. The summed E-state index contributed by atoms with van der Waals surface area (Å²) in [6.45, 7) is 6.25. The van der Waals surface area contributed by atoms with Gasteiger partial charge in [-0.2, -0.15) is 0 Å². The Morgan fingerprint density at radius 3 is 2.83 bits per heavy atom. The van der Waals surface area contributed by atoms with E-state index in [0.717, 1.165) is 0 Å². The number of anilines is 1. The Bertz CT molecular complexity index is 774. The predicted molar refractivity (Wildman–Crippen MR) is 91.6 cm³/mol. The average molecular weight is 348 g/mol. The molecule has 6 nitrogen and oxygen atoms in total. The number of carbonyl (C=O) groups is 1. The highest BCUT2D eigenvalue weighted by molar-refractivity contribution is 6.29. The Morgan fingerprint density at radius 2 is 2.12 bits per heavy atom. The van der Waals surface area contributed by atoms with E-state index in [2.05, 4.69) is 9.97 Å². The van der Waals surface area contributed by atoms with Gasteiger partial charge in [-0.25, -0.2) is 9.78 Å². The van der Waals surface area contributed by atoms with Gasteiger partial charge in [-0.15, -0.1) is 0 Å². The summed E-state index contributed by atoms with van der Waals surface area (Å²) in [6, 6.07) is 5.32. The fraction of sp³-hybridized carbons (Fsp3) is 0.353. The fourth-order valence-corrected chi connectivity index (χ4v) is 2.55. The Hall–Kier alpha value is -2.34. The van der Waals surface area contributed by atoms with Crippen molar-refractivity contribution in [2.75, 3.05) is 18.1 Å². The van der Waals surface area contributed by atoms with Crippen LogP contribution < -0.4 is 9.64 Å². The molecule has 1 aliphatic rings. The van der Waals surface area contributed by atoms with Crippen molar-refractivity contribution in [1.82, 2.24) is 9.97 Å². The van der Waals surface area contributed by atoms with Crippen LogP contribution in [0.4, 0.5) is 10.5 Å². The highest BCUT2D eigenvalue weighted by Crippen LogP contribution is 2.39. The van der Waals surface area contributed by atoms with Gasteiger partial charge in [0.2, 0.25) is 0 Å². The molecule has 0 bridgehead atoms. The third kappa shape index (κ3) is 3.43. The number of amides is 1. The summed E-state index contributed by atoms with van der Waals surface area (Å²) in [5, 5.41) is 0.380. The van der Waals surface area contributed by atoms with E-state index in [-0.39, 0.29) is 0 Å². The third-order valence-electron chi connectivity index (χ3n) is 3.33. The molecule has 126 valence electrons. The lowest BCUT2D eigenvalue weighted by atomic mass is 10.1. The van der Waals surface area contributed by atoms with Crippen LogP contribution in [0.1, 0.15) is 20.8 Å². The molecule has 0 unspecified atom stereocenters. The smallest absolute Gasteiger partial charge is 0.415 e. The Labute approximate surface area is 145 Å². The van der Waals surface area contributed by atoms with Gasteiger partial charge in [-0.3, -0.25) is 9.88 Å². The first-order chi connectivity index (χ1) is 11.3. The third-order valence-corrected chi connectivity index (χ3v) is 3.55. The fourth-order valence-electron chi connectivity index (χ4n) is 2.39. The zero-order valence-corrected chi connectivity index (χ0v) is 14.5. The molecule has 0 spiro atoms. The molecule has 7 heteroatoms. The Kier molecular flexibility index (Phi) is 4.32. The van der Waals surface area contributed by atoms with E-state index in [1.54, 1.807) is 24.5 Å². The van der Waals surface area contributed by atoms with Gasteiger partial charge in [-0.05, 0) is 32.9 Å². The second-order valence-corrected chi connectivity index (χ2v) is 6.75. The first-order valence-corrected chi connectivity index (χ1v) is 7.97. The van der Waals surface area contributed by atoms with Crippen molar-refractivity contribution in [3.8, 4) is 17.0 Å². The number of aromatic nitrogens is 2. The van der Waals surface area contributed by atoms with Crippen molar-refractivity contribution in [2.45, 2.75) is 26.4 Å². The first kappa shape index (κ1) is 16.5. The summed E-state index contributed by atoms with van der Waals surface area (Å²) in [4.78, 5) is 22.5. The number of halogens is 1. The van der Waals surface area contributed by atoms with Crippen LogP contribution in [0.3, 0.4) is 0 Å². The van der Waals surface area contributed by atoms with Crippen LogP contribution in [0.2, 0.25) is 5.15 Å². The maximum atomic E-state index is 12.5. The summed E-state index contributed by atoms with van der Waals surface area (Å²) < 4.78 is 11.3. The molecule has 0 saturated heterocycles. The normalized spacial score (nSPS) is 13.9. The van der Waals surface area contributed by atoms with E-state index >= 15 is 0 Å². The number of carbonyl (C=O) groups excluding carboxylic acids is 1. The van der Waals surface area contributed by atoms with Crippen molar-refractivity contribution >= 4 is 23.4 Å². The number of ether oxygens (including phenoxy) is 2. The molecule has 0 saturated carbocycles. The molecule has 1 aliphatic heterocycles. The van der Waals surface area contributed by atoms with Crippen molar-refractivity contribution in [3.05, 3.63) is 35.7 Å².